The van der Waals surface area contributed by atoms with E-state index in [2.05, 4.69) is 0 Å². The lowest BCUT2D eigenvalue weighted by Gasteiger charge is -2.22. The predicted octanol–water partition coefficient (Wildman–Crippen LogP) is 1.87. The third-order valence-corrected chi connectivity index (χ3v) is 6.69. The van der Waals surface area contributed by atoms with Crippen LogP contribution in [0.2, 0.25) is 0 Å². The molecule has 0 amide bonds. The number of nitro groups is 1. The molecule has 1 fully saturated rings. The number of rotatable bonds is 9. The van der Waals surface area contributed by atoms with E-state index in [-0.39, 0.29) is 32.6 Å². The molecule has 2 aromatic rings. The second kappa shape index (κ2) is 10.0. The van der Waals surface area contributed by atoms with Crippen LogP contribution in [0.25, 0.3) is 0 Å². The number of halogens is 1. The van der Waals surface area contributed by atoms with Crippen molar-refractivity contribution in [1.82, 2.24) is 4.31 Å². The van der Waals surface area contributed by atoms with Crippen LogP contribution in [0.4, 0.5) is 10.1 Å². The lowest BCUT2D eigenvalue weighted by molar-refractivity contribution is -0.387. The number of benzene rings is 2. The SMILES string of the molecule is O=C(OCCCOc1ccc(F)cc1)C1CC(O)CN1S(=O)(=O)c1ccccc1[N+](=O)[O-]. The lowest BCUT2D eigenvalue weighted by Crippen LogP contribution is -2.41. The first-order valence-electron chi connectivity index (χ1n) is 9.68. The molecule has 1 saturated heterocycles. The van der Waals surface area contributed by atoms with Crippen molar-refractivity contribution in [2.45, 2.75) is 29.9 Å². The molecule has 0 aliphatic carbocycles. The number of para-hydroxylation sites is 1. The number of nitrogens with zero attached hydrogens (tertiary/aromatic N) is 2. The number of sulfonamides is 1. The number of hydrogen-bond acceptors (Lipinski definition) is 8. The van der Waals surface area contributed by atoms with Gasteiger partial charge in [-0.25, -0.2) is 12.8 Å². The Morgan fingerprint density at radius 2 is 1.88 bits per heavy atom. The Balaban J connectivity index is 1.62. The van der Waals surface area contributed by atoms with Crippen molar-refractivity contribution in [3.63, 3.8) is 0 Å². The molecule has 2 unspecified atom stereocenters. The Morgan fingerprint density at radius 1 is 1.19 bits per heavy atom. The van der Waals surface area contributed by atoms with Gasteiger partial charge in [0, 0.05) is 25.5 Å². The van der Waals surface area contributed by atoms with Crippen LogP contribution >= 0.6 is 0 Å². The third-order valence-electron chi connectivity index (χ3n) is 4.77. The summed E-state index contributed by atoms with van der Waals surface area (Å²) in [5.41, 5.74) is -0.626. The number of carbonyl (C=O) groups excluding carboxylic acids is 1. The number of carbonyl (C=O) groups is 1. The minimum absolute atomic E-state index is 0.0774. The molecule has 172 valence electrons. The summed E-state index contributed by atoms with van der Waals surface area (Å²) in [5.74, 6) is -0.825. The van der Waals surface area contributed by atoms with Crippen LogP contribution in [0.5, 0.6) is 5.75 Å². The fraction of sp³-hybridized carbons (Fsp3) is 0.350. The normalized spacial score (nSPS) is 18.9. The van der Waals surface area contributed by atoms with Gasteiger partial charge in [-0.3, -0.25) is 14.9 Å². The Bertz CT molecular complexity index is 1080. The maximum Gasteiger partial charge on any atom is 0.324 e. The summed E-state index contributed by atoms with van der Waals surface area (Å²) >= 11 is 0. The first kappa shape index (κ1) is 23.6. The number of aliphatic hydroxyl groups is 1. The van der Waals surface area contributed by atoms with Crippen molar-refractivity contribution in [3.8, 4) is 5.75 Å². The van der Waals surface area contributed by atoms with E-state index in [1.54, 1.807) is 0 Å². The van der Waals surface area contributed by atoms with E-state index in [1.807, 2.05) is 0 Å². The summed E-state index contributed by atoms with van der Waals surface area (Å²) in [6.45, 7) is -0.293. The zero-order chi connectivity index (χ0) is 23.3. The highest BCUT2D eigenvalue weighted by Gasteiger charge is 2.46. The molecule has 2 aromatic carbocycles. The number of aliphatic hydroxyl groups excluding tert-OH is 1. The van der Waals surface area contributed by atoms with E-state index in [1.165, 1.54) is 36.4 Å². The Labute approximate surface area is 183 Å². The molecule has 1 heterocycles. The zero-order valence-corrected chi connectivity index (χ0v) is 17.6. The molecule has 3 rings (SSSR count). The molecule has 32 heavy (non-hydrogen) atoms. The maximum atomic E-state index is 13.0. The molecule has 0 saturated carbocycles. The van der Waals surface area contributed by atoms with Gasteiger partial charge in [0.1, 0.15) is 17.6 Å². The van der Waals surface area contributed by atoms with E-state index in [0.29, 0.717) is 5.75 Å². The predicted molar refractivity (Wildman–Crippen MR) is 109 cm³/mol. The molecular formula is C20H21FN2O8S. The number of esters is 1. The fourth-order valence-electron chi connectivity index (χ4n) is 3.27. The minimum atomic E-state index is -4.44. The van der Waals surface area contributed by atoms with Gasteiger partial charge >= 0.3 is 5.97 Å². The monoisotopic (exact) mass is 468 g/mol. The van der Waals surface area contributed by atoms with Crippen molar-refractivity contribution >= 4 is 21.7 Å². The van der Waals surface area contributed by atoms with Crippen LogP contribution in [0, 0.1) is 15.9 Å². The molecule has 0 spiro atoms. The van der Waals surface area contributed by atoms with Crippen LogP contribution in [0.3, 0.4) is 0 Å². The third kappa shape index (κ3) is 5.39. The Kier molecular flexibility index (Phi) is 7.38. The Hall–Kier alpha value is -3.09. The van der Waals surface area contributed by atoms with Gasteiger partial charge in [0.25, 0.3) is 15.7 Å². The summed E-state index contributed by atoms with van der Waals surface area (Å²) < 4.78 is 50.2. The average Bonchev–Trinajstić information content (AvgIpc) is 3.17. The van der Waals surface area contributed by atoms with Gasteiger partial charge in [-0.15, -0.1) is 0 Å². The lowest BCUT2D eigenvalue weighted by atomic mass is 10.2. The van der Waals surface area contributed by atoms with Crippen molar-refractivity contribution in [3.05, 3.63) is 64.5 Å². The van der Waals surface area contributed by atoms with Gasteiger partial charge in [-0.2, -0.15) is 4.31 Å². The minimum Gasteiger partial charge on any atom is -0.493 e. The molecule has 12 heteroatoms. The largest absolute Gasteiger partial charge is 0.493 e. The summed E-state index contributed by atoms with van der Waals surface area (Å²) in [7, 11) is -4.44. The van der Waals surface area contributed by atoms with Crippen molar-refractivity contribution in [2.75, 3.05) is 19.8 Å². The van der Waals surface area contributed by atoms with Crippen LogP contribution < -0.4 is 4.74 Å². The van der Waals surface area contributed by atoms with E-state index >= 15 is 0 Å². The van der Waals surface area contributed by atoms with Gasteiger partial charge in [-0.1, -0.05) is 12.1 Å². The second-order valence-electron chi connectivity index (χ2n) is 7.03. The molecule has 0 radical (unpaired) electrons. The first-order chi connectivity index (χ1) is 15.2. The van der Waals surface area contributed by atoms with E-state index < -0.39 is 49.5 Å². The molecule has 0 bridgehead atoms. The highest BCUT2D eigenvalue weighted by molar-refractivity contribution is 7.89. The number of nitro benzene ring substituents is 1. The molecular weight excluding hydrogens is 447 g/mol. The zero-order valence-electron chi connectivity index (χ0n) is 16.8. The molecule has 10 nitrogen and oxygen atoms in total. The maximum absolute atomic E-state index is 13.0. The van der Waals surface area contributed by atoms with Gasteiger partial charge in [0.15, 0.2) is 4.90 Å². The van der Waals surface area contributed by atoms with Gasteiger partial charge in [0.05, 0.1) is 24.2 Å². The first-order valence-corrected chi connectivity index (χ1v) is 11.1. The highest BCUT2D eigenvalue weighted by Crippen LogP contribution is 2.31. The number of β-amino-alcohol motifs (C(OH)–C–C–N with tert-alkyl or cyclic N) is 1. The van der Waals surface area contributed by atoms with Gasteiger partial charge in [0.2, 0.25) is 0 Å². The van der Waals surface area contributed by atoms with Crippen molar-refractivity contribution in [2.24, 2.45) is 0 Å². The topological polar surface area (TPSA) is 136 Å². The quantitative estimate of drug-likeness (QED) is 0.255. The smallest absolute Gasteiger partial charge is 0.324 e. The summed E-state index contributed by atoms with van der Waals surface area (Å²) in [4.78, 5) is 22.4. The summed E-state index contributed by atoms with van der Waals surface area (Å²) in [6.07, 6.45) is -1.02. The van der Waals surface area contributed by atoms with Crippen molar-refractivity contribution < 1.29 is 37.1 Å². The van der Waals surface area contributed by atoms with Gasteiger partial charge < -0.3 is 14.6 Å². The molecule has 1 aliphatic heterocycles. The van der Waals surface area contributed by atoms with E-state index in [4.69, 9.17) is 9.47 Å². The Morgan fingerprint density at radius 3 is 2.56 bits per heavy atom. The molecule has 1 N–H and O–H groups in total. The van der Waals surface area contributed by atoms with Crippen molar-refractivity contribution in [1.29, 1.82) is 0 Å². The fourth-order valence-corrected chi connectivity index (χ4v) is 5.05. The standard InChI is InChI=1S/C20H21FN2O8S/c21-14-6-8-16(9-7-14)30-10-3-11-31-20(25)18-12-15(24)13-22(18)32(28,29)19-5-2-1-4-17(19)23(26)27/h1-2,4-9,15,18,24H,3,10-13H2. The van der Waals surface area contributed by atoms with Crippen LogP contribution in [-0.4, -0.2) is 60.6 Å². The number of ether oxygens (including phenoxy) is 2. The average molecular weight is 468 g/mol. The highest BCUT2D eigenvalue weighted by atomic mass is 32.2. The number of hydrogen-bond donors (Lipinski definition) is 1. The molecule has 1 aliphatic rings. The van der Waals surface area contributed by atoms with Crippen LogP contribution in [0.1, 0.15) is 12.8 Å². The summed E-state index contributed by atoms with van der Waals surface area (Å²) in [5, 5.41) is 21.2. The second-order valence-corrected chi connectivity index (χ2v) is 8.89. The molecule has 2 atom stereocenters. The summed E-state index contributed by atoms with van der Waals surface area (Å²) in [6, 6.07) is 8.87. The molecule has 0 aromatic heterocycles. The van der Waals surface area contributed by atoms with Gasteiger partial charge in [-0.05, 0) is 30.3 Å². The van der Waals surface area contributed by atoms with E-state index in [9.17, 15) is 32.8 Å². The van der Waals surface area contributed by atoms with E-state index in [0.717, 1.165) is 16.4 Å². The van der Waals surface area contributed by atoms with Crippen LogP contribution in [0.15, 0.2) is 53.4 Å². The van der Waals surface area contributed by atoms with Crippen LogP contribution in [-0.2, 0) is 19.6 Å².